The summed E-state index contributed by atoms with van der Waals surface area (Å²) in [6.45, 7) is 5.34. The molecule has 0 amide bonds. The van der Waals surface area contributed by atoms with Crippen molar-refractivity contribution >= 4 is 0 Å². The van der Waals surface area contributed by atoms with Crippen LogP contribution in [0.4, 0.5) is 0 Å². The van der Waals surface area contributed by atoms with E-state index < -0.39 is 0 Å². The molecule has 1 spiro atoms. The van der Waals surface area contributed by atoms with Crippen molar-refractivity contribution in [3.8, 4) is 0 Å². The summed E-state index contributed by atoms with van der Waals surface area (Å²) in [4.78, 5) is 0. The Labute approximate surface area is 93.0 Å². The van der Waals surface area contributed by atoms with Gasteiger partial charge in [-0.05, 0) is 31.1 Å². The van der Waals surface area contributed by atoms with Gasteiger partial charge in [-0.1, -0.05) is 26.7 Å². The van der Waals surface area contributed by atoms with Crippen LogP contribution in [0.3, 0.4) is 0 Å². The molecule has 1 aliphatic carbocycles. The minimum Gasteiger partial charge on any atom is -0.393 e. The molecule has 2 heteroatoms. The lowest BCUT2D eigenvalue weighted by Crippen LogP contribution is -2.51. The SMILES string of the molecule is CC(C)C1CCCCC12CC(O)CCO2. The molecule has 2 rings (SSSR count). The summed E-state index contributed by atoms with van der Waals surface area (Å²) in [5, 5.41) is 9.85. The maximum atomic E-state index is 9.85. The summed E-state index contributed by atoms with van der Waals surface area (Å²) in [6, 6.07) is 0. The molecule has 0 radical (unpaired) electrons. The number of hydrogen-bond acceptors (Lipinski definition) is 2. The Balaban J connectivity index is 2.13. The van der Waals surface area contributed by atoms with E-state index in [4.69, 9.17) is 4.74 Å². The van der Waals surface area contributed by atoms with Crippen LogP contribution in [0.2, 0.25) is 0 Å². The molecular weight excluding hydrogens is 188 g/mol. The van der Waals surface area contributed by atoms with Gasteiger partial charge in [-0.15, -0.1) is 0 Å². The summed E-state index contributed by atoms with van der Waals surface area (Å²) >= 11 is 0. The molecule has 88 valence electrons. The van der Waals surface area contributed by atoms with Crippen LogP contribution in [0.25, 0.3) is 0 Å². The van der Waals surface area contributed by atoms with E-state index in [1.165, 1.54) is 19.3 Å². The van der Waals surface area contributed by atoms with Crippen LogP contribution in [0.5, 0.6) is 0 Å². The Morgan fingerprint density at radius 3 is 2.73 bits per heavy atom. The van der Waals surface area contributed by atoms with Gasteiger partial charge in [-0.2, -0.15) is 0 Å². The highest BCUT2D eigenvalue weighted by Crippen LogP contribution is 2.45. The van der Waals surface area contributed by atoms with Crippen LogP contribution in [-0.4, -0.2) is 23.4 Å². The predicted octanol–water partition coefficient (Wildman–Crippen LogP) is 2.74. The second-order valence-corrected chi connectivity index (χ2v) is 5.66. The van der Waals surface area contributed by atoms with E-state index in [1.54, 1.807) is 0 Å². The Morgan fingerprint density at radius 2 is 2.07 bits per heavy atom. The van der Waals surface area contributed by atoms with Crippen LogP contribution < -0.4 is 0 Å². The van der Waals surface area contributed by atoms with Crippen LogP contribution in [0.1, 0.15) is 52.4 Å². The molecule has 3 atom stereocenters. The Kier molecular flexibility index (Phi) is 3.36. The Morgan fingerprint density at radius 1 is 1.27 bits per heavy atom. The highest BCUT2D eigenvalue weighted by Gasteiger charge is 2.46. The lowest BCUT2D eigenvalue weighted by molar-refractivity contribution is -0.173. The van der Waals surface area contributed by atoms with E-state index in [9.17, 15) is 5.11 Å². The summed E-state index contributed by atoms with van der Waals surface area (Å²) in [5.74, 6) is 1.33. The standard InChI is InChI=1S/C13H24O2/c1-10(2)12-5-3-4-7-13(12)9-11(14)6-8-15-13/h10-12,14H,3-9H2,1-2H3. The van der Waals surface area contributed by atoms with Crippen molar-refractivity contribution in [2.24, 2.45) is 11.8 Å². The molecule has 1 heterocycles. The van der Waals surface area contributed by atoms with Crippen LogP contribution in [-0.2, 0) is 4.74 Å². The number of rotatable bonds is 1. The summed E-state index contributed by atoms with van der Waals surface area (Å²) in [6.07, 6.45) is 6.62. The highest BCUT2D eigenvalue weighted by atomic mass is 16.5. The summed E-state index contributed by atoms with van der Waals surface area (Å²) in [5.41, 5.74) is 0.0179. The van der Waals surface area contributed by atoms with Gasteiger partial charge in [0.15, 0.2) is 0 Å². The molecule has 1 N–H and O–H groups in total. The van der Waals surface area contributed by atoms with Crippen molar-refractivity contribution in [2.45, 2.75) is 64.1 Å². The average molecular weight is 212 g/mol. The fraction of sp³-hybridized carbons (Fsp3) is 1.00. The van der Waals surface area contributed by atoms with Gasteiger partial charge < -0.3 is 9.84 Å². The monoisotopic (exact) mass is 212 g/mol. The van der Waals surface area contributed by atoms with Gasteiger partial charge in [0, 0.05) is 13.0 Å². The molecule has 2 fully saturated rings. The van der Waals surface area contributed by atoms with Crippen LogP contribution >= 0.6 is 0 Å². The highest BCUT2D eigenvalue weighted by molar-refractivity contribution is 4.96. The number of ether oxygens (including phenoxy) is 1. The smallest absolute Gasteiger partial charge is 0.0737 e. The fourth-order valence-corrected chi connectivity index (χ4v) is 3.57. The largest absolute Gasteiger partial charge is 0.393 e. The van der Waals surface area contributed by atoms with Gasteiger partial charge in [0.25, 0.3) is 0 Å². The van der Waals surface area contributed by atoms with Crippen molar-refractivity contribution in [3.63, 3.8) is 0 Å². The van der Waals surface area contributed by atoms with E-state index >= 15 is 0 Å². The van der Waals surface area contributed by atoms with Gasteiger partial charge in [-0.3, -0.25) is 0 Å². The molecule has 1 aliphatic heterocycles. The Hall–Kier alpha value is -0.0800. The summed E-state index contributed by atoms with van der Waals surface area (Å²) in [7, 11) is 0. The third kappa shape index (κ3) is 2.21. The zero-order chi connectivity index (χ0) is 10.9. The number of hydrogen-bond donors (Lipinski definition) is 1. The fourth-order valence-electron chi connectivity index (χ4n) is 3.57. The molecule has 0 aromatic carbocycles. The second-order valence-electron chi connectivity index (χ2n) is 5.66. The average Bonchev–Trinajstić information content (AvgIpc) is 2.17. The third-order valence-corrected chi connectivity index (χ3v) is 4.27. The molecule has 0 bridgehead atoms. The van der Waals surface area contributed by atoms with Crippen molar-refractivity contribution in [2.75, 3.05) is 6.61 Å². The first-order chi connectivity index (χ1) is 7.14. The zero-order valence-corrected chi connectivity index (χ0v) is 10.0. The van der Waals surface area contributed by atoms with Crippen molar-refractivity contribution in [1.29, 1.82) is 0 Å². The van der Waals surface area contributed by atoms with Crippen LogP contribution in [0.15, 0.2) is 0 Å². The van der Waals surface area contributed by atoms with E-state index in [-0.39, 0.29) is 11.7 Å². The maximum Gasteiger partial charge on any atom is 0.0737 e. The van der Waals surface area contributed by atoms with E-state index in [0.29, 0.717) is 11.8 Å². The Bertz CT molecular complexity index is 211. The molecule has 15 heavy (non-hydrogen) atoms. The molecule has 0 aromatic heterocycles. The lowest BCUT2D eigenvalue weighted by atomic mass is 9.67. The molecule has 1 saturated carbocycles. The van der Waals surface area contributed by atoms with Gasteiger partial charge in [-0.25, -0.2) is 0 Å². The summed E-state index contributed by atoms with van der Waals surface area (Å²) < 4.78 is 6.09. The molecule has 1 saturated heterocycles. The second kappa shape index (κ2) is 4.42. The van der Waals surface area contributed by atoms with E-state index in [2.05, 4.69) is 13.8 Å². The van der Waals surface area contributed by atoms with Crippen molar-refractivity contribution < 1.29 is 9.84 Å². The van der Waals surface area contributed by atoms with E-state index in [0.717, 1.165) is 25.9 Å². The van der Waals surface area contributed by atoms with Gasteiger partial charge in [0.05, 0.1) is 11.7 Å². The van der Waals surface area contributed by atoms with Gasteiger partial charge >= 0.3 is 0 Å². The molecule has 0 aromatic rings. The van der Waals surface area contributed by atoms with Crippen molar-refractivity contribution in [1.82, 2.24) is 0 Å². The number of aliphatic hydroxyl groups excluding tert-OH is 1. The lowest BCUT2D eigenvalue weighted by Gasteiger charge is -2.49. The first-order valence-corrected chi connectivity index (χ1v) is 6.46. The zero-order valence-electron chi connectivity index (χ0n) is 10.0. The first-order valence-electron chi connectivity index (χ1n) is 6.46. The molecule has 3 unspecified atom stereocenters. The normalized spacial score (nSPS) is 42.4. The first kappa shape index (κ1) is 11.4. The minimum absolute atomic E-state index is 0.0179. The predicted molar refractivity (Wildman–Crippen MR) is 60.7 cm³/mol. The molecule has 2 nitrogen and oxygen atoms in total. The van der Waals surface area contributed by atoms with Gasteiger partial charge in [0.1, 0.15) is 0 Å². The quantitative estimate of drug-likeness (QED) is 0.724. The molecular formula is C13H24O2. The van der Waals surface area contributed by atoms with Crippen LogP contribution in [0, 0.1) is 11.8 Å². The molecule has 2 aliphatic rings. The maximum absolute atomic E-state index is 9.85. The van der Waals surface area contributed by atoms with E-state index in [1.807, 2.05) is 0 Å². The number of aliphatic hydroxyl groups is 1. The topological polar surface area (TPSA) is 29.5 Å². The van der Waals surface area contributed by atoms with Gasteiger partial charge in [0.2, 0.25) is 0 Å². The minimum atomic E-state index is -0.127. The van der Waals surface area contributed by atoms with Crippen molar-refractivity contribution in [3.05, 3.63) is 0 Å². The third-order valence-electron chi connectivity index (χ3n) is 4.27.